The molecule has 1 amide bonds. The monoisotopic (exact) mass is 456 g/mol. The van der Waals surface area contributed by atoms with Gasteiger partial charge in [-0.2, -0.15) is 5.26 Å². The topological polar surface area (TPSA) is 101 Å². The third kappa shape index (κ3) is 4.92. The van der Waals surface area contributed by atoms with E-state index < -0.39 is 10.8 Å². The van der Waals surface area contributed by atoms with Crippen molar-refractivity contribution in [2.75, 3.05) is 5.32 Å². The summed E-state index contributed by atoms with van der Waals surface area (Å²) in [7, 11) is 0. The smallest absolute Gasteiger partial charge is 0.269 e. The summed E-state index contributed by atoms with van der Waals surface area (Å²) < 4.78 is 1.98. The van der Waals surface area contributed by atoms with Gasteiger partial charge in [0.05, 0.1) is 4.92 Å². The highest BCUT2D eigenvalue weighted by atomic mass is 35.5. The molecule has 0 aliphatic rings. The van der Waals surface area contributed by atoms with Crippen LogP contribution >= 0.6 is 11.6 Å². The van der Waals surface area contributed by atoms with Crippen LogP contribution in [0.15, 0.2) is 84.6 Å². The number of nitrogens with zero attached hydrogens (tertiary/aromatic N) is 3. The van der Waals surface area contributed by atoms with Crippen LogP contribution in [-0.2, 0) is 11.3 Å². The lowest BCUT2D eigenvalue weighted by atomic mass is 10.1. The predicted octanol–water partition coefficient (Wildman–Crippen LogP) is 5.80. The molecule has 7 nitrogen and oxygen atoms in total. The summed E-state index contributed by atoms with van der Waals surface area (Å²) in [4.78, 5) is 23.1. The Bertz CT molecular complexity index is 1430. The molecule has 0 spiro atoms. The van der Waals surface area contributed by atoms with Crippen molar-refractivity contribution in [1.29, 1.82) is 5.26 Å². The van der Waals surface area contributed by atoms with E-state index in [0.717, 1.165) is 16.5 Å². The van der Waals surface area contributed by atoms with Crippen LogP contribution in [0.3, 0.4) is 0 Å². The highest BCUT2D eigenvalue weighted by Gasteiger charge is 2.13. The molecule has 0 saturated carbocycles. The Morgan fingerprint density at radius 3 is 2.58 bits per heavy atom. The zero-order valence-corrected chi connectivity index (χ0v) is 18.0. The molecule has 0 atom stereocenters. The molecule has 1 aromatic heterocycles. The van der Waals surface area contributed by atoms with E-state index in [1.54, 1.807) is 42.5 Å². The minimum atomic E-state index is -0.535. The first-order valence-electron chi connectivity index (χ1n) is 9.94. The van der Waals surface area contributed by atoms with Crippen molar-refractivity contribution in [2.45, 2.75) is 6.54 Å². The van der Waals surface area contributed by atoms with E-state index in [-0.39, 0.29) is 11.3 Å². The summed E-state index contributed by atoms with van der Waals surface area (Å²) in [6.07, 6.45) is 3.41. The number of hydrogen-bond acceptors (Lipinski definition) is 4. The van der Waals surface area contributed by atoms with Crippen LogP contribution in [0.25, 0.3) is 17.0 Å². The lowest BCUT2D eigenvalue weighted by Crippen LogP contribution is -2.13. The molecule has 0 aliphatic carbocycles. The van der Waals surface area contributed by atoms with E-state index >= 15 is 0 Å². The normalized spacial score (nSPS) is 11.2. The first kappa shape index (κ1) is 21.8. The van der Waals surface area contributed by atoms with Crippen molar-refractivity contribution in [1.82, 2.24) is 4.57 Å². The second-order valence-corrected chi connectivity index (χ2v) is 7.72. The zero-order valence-electron chi connectivity index (χ0n) is 17.2. The molecule has 0 fully saturated rings. The molecular weight excluding hydrogens is 440 g/mol. The Labute approximate surface area is 194 Å². The molecule has 0 unspecified atom stereocenters. The maximum absolute atomic E-state index is 12.7. The Hall–Kier alpha value is -4.41. The van der Waals surface area contributed by atoms with Gasteiger partial charge in [-0.05, 0) is 35.9 Å². The van der Waals surface area contributed by atoms with Crippen LogP contribution in [0.4, 0.5) is 11.4 Å². The first-order chi connectivity index (χ1) is 15.9. The summed E-state index contributed by atoms with van der Waals surface area (Å²) >= 11 is 5.96. The highest BCUT2D eigenvalue weighted by Crippen LogP contribution is 2.25. The summed E-state index contributed by atoms with van der Waals surface area (Å²) in [5.74, 6) is -0.535. The van der Waals surface area contributed by atoms with Crippen LogP contribution in [0.1, 0.15) is 11.1 Å². The summed E-state index contributed by atoms with van der Waals surface area (Å²) in [5.41, 5.74) is 2.99. The van der Waals surface area contributed by atoms with Crippen molar-refractivity contribution < 1.29 is 9.72 Å². The number of nitro groups is 1. The number of hydrogen-bond donors (Lipinski definition) is 1. The lowest BCUT2D eigenvalue weighted by Gasteiger charge is -2.05. The van der Waals surface area contributed by atoms with Crippen LogP contribution in [-0.4, -0.2) is 15.4 Å². The van der Waals surface area contributed by atoms with E-state index in [9.17, 15) is 20.2 Å². The molecule has 0 radical (unpaired) electrons. The molecule has 3 aromatic carbocycles. The first-order valence-corrected chi connectivity index (χ1v) is 10.3. The van der Waals surface area contributed by atoms with E-state index in [1.165, 1.54) is 12.1 Å². The van der Waals surface area contributed by atoms with Crippen molar-refractivity contribution in [3.05, 3.63) is 111 Å². The van der Waals surface area contributed by atoms with Crippen molar-refractivity contribution in [3.8, 4) is 6.07 Å². The maximum Gasteiger partial charge on any atom is 0.269 e. The fraction of sp³-hybridized carbons (Fsp3) is 0.0400. The molecule has 162 valence electrons. The largest absolute Gasteiger partial charge is 0.342 e. The highest BCUT2D eigenvalue weighted by molar-refractivity contribution is 6.31. The molecule has 1 N–H and O–H groups in total. The Morgan fingerprint density at radius 2 is 1.88 bits per heavy atom. The van der Waals surface area contributed by atoms with Crippen LogP contribution < -0.4 is 5.32 Å². The fourth-order valence-electron chi connectivity index (χ4n) is 3.51. The molecule has 4 rings (SSSR count). The minimum absolute atomic E-state index is 0.0316. The molecule has 8 heteroatoms. The van der Waals surface area contributed by atoms with Gasteiger partial charge in [-0.15, -0.1) is 0 Å². The van der Waals surface area contributed by atoms with Gasteiger partial charge >= 0.3 is 0 Å². The number of halogens is 1. The number of amides is 1. The average Bonchev–Trinajstić information content (AvgIpc) is 3.15. The number of non-ortho nitro benzene ring substituents is 1. The third-order valence-electron chi connectivity index (χ3n) is 5.07. The minimum Gasteiger partial charge on any atom is -0.342 e. The second kappa shape index (κ2) is 9.39. The van der Waals surface area contributed by atoms with Crippen molar-refractivity contribution in [3.63, 3.8) is 0 Å². The van der Waals surface area contributed by atoms with Gasteiger partial charge in [-0.25, -0.2) is 0 Å². The van der Waals surface area contributed by atoms with Crippen molar-refractivity contribution >= 4 is 45.9 Å². The quantitative estimate of drug-likeness (QED) is 0.171. The van der Waals surface area contributed by atoms with E-state index in [0.29, 0.717) is 22.8 Å². The number of para-hydroxylation sites is 1. The van der Waals surface area contributed by atoms with Crippen LogP contribution in [0.2, 0.25) is 5.02 Å². The molecule has 4 aromatic rings. The van der Waals surface area contributed by atoms with Gasteiger partial charge < -0.3 is 9.88 Å². The number of carbonyl (C=O) groups is 1. The number of nitro benzene ring substituents is 1. The van der Waals surface area contributed by atoms with Gasteiger partial charge in [-0.3, -0.25) is 14.9 Å². The number of fused-ring (bicyclic) bond motifs is 1. The Kier molecular flexibility index (Phi) is 6.20. The standard InChI is InChI=1S/C25H17ClN4O3/c26-20-4-3-5-21(13-20)28-25(31)18(14-27)12-19-16-29(24-7-2-1-6-23(19)24)15-17-8-10-22(11-9-17)30(32)33/h1-13,16H,15H2,(H,28,31)/b18-12-. The second-order valence-electron chi connectivity index (χ2n) is 7.29. The summed E-state index contributed by atoms with van der Waals surface area (Å²) in [6, 6.07) is 22.7. The third-order valence-corrected chi connectivity index (χ3v) is 5.30. The number of benzene rings is 3. The Balaban J connectivity index is 1.66. The van der Waals surface area contributed by atoms with Crippen LogP contribution in [0.5, 0.6) is 0 Å². The molecule has 1 heterocycles. The summed E-state index contributed by atoms with van der Waals surface area (Å²) in [6.45, 7) is 0.475. The van der Waals surface area contributed by atoms with Gasteiger partial charge in [-0.1, -0.05) is 48.0 Å². The number of nitrogens with one attached hydrogen (secondary N) is 1. The molecule has 0 saturated heterocycles. The van der Waals surface area contributed by atoms with Crippen LogP contribution in [0, 0.1) is 21.4 Å². The van der Waals surface area contributed by atoms with E-state index in [1.807, 2.05) is 41.1 Å². The van der Waals surface area contributed by atoms with Gasteiger partial charge in [0, 0.05) is 52.1 Å². The fourth-order valence-corrected chi connectivity index (χ4v) is 3.70. The molecule has 0 aliphatic heterocycles. The average molecular weight is 457 g/mol. The lowest BCUT2D eigenvalue weighted by molar-refractivity contribution is -0.384. The maximum atomic E-state index is 12.7. The van der Waals surface area contributed by atoms with Gasteiger partial charge in [0.25, 0.3) is 11.6 Å². The molecular formula is C25H17ClN4O3. The van der Waals surface area contributed by atoms with Crippen molar-refractivity contribution in [2.24, 2.45) is 0 Å². The number of rotatable bonds is 6. The molecule has 0 bridgehead atoms. The van der Waals surface area contributed by atoms with E-state index in [4.69, 9.17) is 11.6 Å². The number of anilines is 1. The van der Waals surface area contributed by atoms with Gasteiger partial charge in [0.1, 0.15) is 11.6 Å². The number of carbonyl (C=O) groups excluding carboxylic acids is 1. The van der Waals surface area contributed by atoms with Gasteiger partial charge in [0.2, 0.25) is 0 Å². The Morgan fingerprint density at radius 1 is 1.12 bits per heavy atom. The number of nitriles is 1. The predicted molar refractivity (Wildman–Crippen MR) is 128 cm³/mol. The zero-order chi connectivity index (χ0) is 23.4. The number of aromatic nitrogens is 1. The van der Waals surface area contributed by atoms with E-state index in [2.05, 4.69) is 5.32 Å². The molecule has 33 heavy (non-hydrogen) atoms. The van der Waals surface area contributed by atoms with Gasteiger partial charge in [0.15, 0.2) is 0 Å². The SMILES string of the molecule is N#C/C(=C/c1cn(Cc2ccc([N+](=O)[O-])cc2)c2ccccc12)C(=O)Nc1cccc(Cl)c1. The summed E-state index contributed by atoms with van der Waals surface area (Å²) in [5, 5.41) is 24.5.